The molecule has 11 nitrogen and oxygen atoms in total. The average molecular weight is 1050 g/mol. The van der Waals surface area contributed by atoms with Gasteiger partial charge in [0, 0.05) is 12.8 Å². The van der Waals surface area contributed by atoms with Crippen molar-refractivity contribution in [1.82, 2.24) is 5.32 Å². The number of rotatable bonds is 56. The van der Waals surface area contributed by atoms with Gasteiger partial charge in [0.05, 0.1) is 32.0 Å². The second-order valence-electron chi connectivity index (χ2n) is 22.5. The highest BCUT2D eigenvalue weighted by Gasteiger charge is 2.44. The maximum absolute atomic E-state index is 13.1. The normalized spacial score (nSPS) is 18.8. The lowest BCUT2D eigenvalue weighted by Gasteiger charge is -2.40. The molecule has 1 amide bonds. The van der Waals surface area contributed by atoms with Crippen LogP contribution >= 0.6 is 0 Å². The molecule has 6 N–H and O–H groups in total. The largest absolute Gasteiger partial charge is 0.466 e. The smallest absolute Gasteiger partial charge is 0.305 e. The van der Waals surface area contributed by atoms with Gasteiger partial charge in [-0.15, -0.1) is 0 Å². The van der Waals surface area contributed by atoms with Crippen molar-refractivity contribution in [2.75, 3.05) is 19.8 Å². The minimum absolute atomic E-state index is 0.000768. The van der Waals surface area contributed by atoms with Gasteiger partial charge in [-0.3, -0.25) is 9.59 Å². The number of aliphatic hydroxyl groups is 5. The molecule has 1 heterocycles. The zero-order chi connectivity index (χ0) is 53.8. The molecule has 0 aromatic rings. The van der Waals surface area contributed by atoms with Gasteiger partial charge in [0.25, 0.3) is 0 Å². The highest BCUT2D eigenvalue weighted by Crippen LogP contribution is 2.23. The third kappa shape index (κ3) is 42.4. The van der Waals surface area contributed by atoms with Crippen LogP contribution in [0.15, 0.2) is 12.2 Å². The summed E-state index contributed by atoms with van der Waals surface area (Å²) in [5.74, 6) is -0.181. The van der Waals surface area contributed by atoms with E-state index in [4.69, 9.17) is 14.2 Å². The second-order valence-corrected chi connectivity index (χ2v) is 22.5. The molecule has 1 saturated heterocycles. The lowest BCUT2D eigenvalue weighted by Crippen LogP contribution is -2.60. The number of carbonyl (C=O) groups excluding carboxylic acids is 2. The van der Waals surface area contributed by atoms with Crippen molar-refractivity contribution >= 4 is 11.9 Å². The van der Waals surface area contributed by atoms with Gasteiger partial charge in [0.2, 0.25) is 5.91 Å². The number of allylic oxidation sites excluding steroid dienone is 1. The number of unbranched alkanes of at least 4 members (excludes halogenated alkanes) is 42. The van der Waals surface area contributed by atoms with Crippen LogP contribution in [0.25, 0.3) is 0 Å². The summed E-state index contributed by atoms with van der Waals surface area (Å²) < 4.78 is 16.7. The summed E-state index contributed by atoms with van der Waals surface area (Å²) in [5.41, 5.74) is 0. The van der Waals surface area contributed by atoms with E-state index in [1.165, 1.54) is 231 Å². The third-order valence-corrected chi connectivity index (χ3v) is 15.4. The Morgan fingerprint density at radius 2 is 0.851 bits per heavy atom. The molecule has 1 aliphatic rings. The Kier molecular flexibility index (Phi) is 50.8. The van der Waals surface area contributed by atoms with Gasteiger partial charge in [-0.05, 0) is 32.1 Å². The fraction of sp³-hybridized carbons (Fsp3) is 0.937. The van der Waals surface area contributed by atoms with Crippen LogP contribution in [0.1, 0.15) is 316 Å². The molecule has 11 heteroatoms. The van der Waals surface area contributed by atoms with Gasteiger partial charge in [-0.2, -0.15) is 0 Å². The summed E-state index contributed by atoms with van der Waals surface area (Å²) in [6, 6.07) is -0.810. The predicted molar refractivity (Wildman–Crippen MR) is 306 cm³/mol. The van der Waals surface area contributed by atoms with E-state index in [1.54, 1.807) is 6.08 Å². The zero-order valence-corrected chi connectivity index (χ0v) is 48.3. The highest BCUT2D eigenvalue weighted by molar-refractivity contribution is 5.76. The van der Waals surface area contributed by atoms with E-state index in [-0.39, 0.29) is 18.5 Å². The summed E-state index contributed by atoms with van der Waals surface area (Å²) in [4.78, 5) is 25.1. The van der Waals surface area contributed by atoms with Crippen molar-refractivity contribution in [2.24, 2.45) is 0 Å². The number of hydrogen-bond acceptors (Lipinski definition) is 10. The van der Waals surface area contributed by atoms with Crippen molar-refractivity contribution in [3.05, 3.63) is 12.2 Å². The number of carbonyl (C=O) groups is 2. The quantitative estimate of drug-likeness (QED) is 0.0195. The topological polar surface area (TPSA) is 175 Å². The van der Waals surface area contributed by atoms with Gasteiger partial charge < -0.3 is 45.1 Å². The summed E-state index contributed by atoms with van der Waals surface area (Å²) >= 11 is 0. The van der Waals surface area contributed by atoms with Crippen molar-refractivity contribution in [1.29, 1.82) is 0 Å². The molecule has 7 unspecified atom stereocenters. The fourth-order valence-electron chi connectivity index (χ4n) is 10.3. The first-order chi connectivity index (χ1) is 36.2. The highest BCUT2D eigenvalue weighted by atomic mass is 16.7. The average Bonchev–Trinajstić information content (AvgIpc) is 3.40. The Balaban J connectivity index is 2.06. The van der Waals surface area contributed by atoms with Gasteiger partial charge in [-0.25, -0.2) is 0 Å². The Labute approximate surface area is 455 Å². The molecule has 7 atom stereocenters. The molecule has 1 aliphatic heterocycles. The first-order valence-electron chi connectivity index (χ1n) is 32.0. The van der Waals surface area contributed by atoms with Crippen LogP contribution in [-0.2, 0) is 23.8 Å². The molecule has 0 aromatic heterocycles. The van der Waals surface area contributed by atoms with E-state index in [1.807, 2.05) is 6.08 Å². The van der Waals surface area contributed by atoms with Crippen molar-refractivity contribution in [3.63, 3.8) is 0 Å². The molecule has 0 radical (unpaired) electrons. The van der Waals surface area contributed by atoms with Crippen LogP contribution in [0.4, 0.5) is 0 Å². The summed E-state index contributed by atoms with van der Waals surface area (Å²) in [7, 11) is 0. The van der Waals surface area contributed by atoms with Crippen LogP contribution in [0.2, 0.25) is 0 Å². The lowest BCUT2D eigenvalue weighted by atomic mass is 9.99. The second kappa shape index (κ2) is 53.4. The number of nitrogens with one attached hydrogen (secondary N) is 1. The minimum Gasteiger partial charge on any atom is -0.466 e. The van der Waals surface area contributed by atoms with Gasteiger partial charge in [0.15, 0.2) is 6.29 Å². The lowest BCUT2D eigenvalue weighted by molar-refractivity contribution is -0.302. The molecule has 0 aliphatic carbocycles. The maximum atomic E-state index is 13.1. The number of hydrogen-bond donors (Lipinski definition) is 6. The molecule has 1 rings (SSSR count). The number of esters is 1. The van der Waals surface area contributed by atoms with Crippen LogP contribution < -0.4 is 5.32 Å². The monoisotopic (exact) mass is 1050 g/mol. The fourth-order valence-corrected chi connectivity index (χ4v) is 10.3. The summed E-state index contributed by atoms with van der Waals surface area (Å²) in [6.45, 7) is 4.36. The van der Waals surface area contributed by atoms with E-state index >= 15 is 0 Å². The first-order valence-corrected chi connectivity index (χ1v) is 32.0. The number of amides is 1. The molecule has 0 aromatic carbocycles. The summed E-state index contributed by atoms with van der Waals surface area (Å²) in [5, 5.41) is 54.5. The SMILES string of the molecule is CCCCCCCCCCCCCC/C=C/C(O)C(COC1OC(CO)C(O)C(O)C1O)NC(=O)CCCCCCCCCCCCCCCCCCCCCCCOC(=O)CCCCCCCCCCCCC. The van der Waals surface area contributed by atoms with E-state index in [0.29, 0.717) is 19.4 Å². The molecule has 0 bridgehead atoms. The molecule has 1 fully saturated rings. The maximum Gasteiger partial charge on any atom is 0.305 e. The standard InChI is InChI=1S/C63H121NO10/c1-3-5-7-9-11-13-15-16-26-30-33-37-41-45-49-56(66)55(54-73-63-62(71)61(70)60(69)57(53-65)74-63)64-58(67)50-46-42-38-34-31-27-24-22-20-18-17-19-21-23-25-28-32-36-40-44-48-52-72-59(68)51-47-43-39-35-29-14-12-10-8-6-4-2/h45,49,55-57,60-63,65-66,69-71H,3-44,46-48,50-54H2,1-2H3,(H,64,67)/b49-45+. The molecule has 74 heavy (non-hydrogen) atoms. The van der Waals surface area contributed by atoms with Gasteiger partial charge in [-0.1, -0.05) is 283 Å². The molecular weight excluding hydrogens is 931 g/mol. The van der Waals surface area contributed by atoms with Crippen LogP contribution in [0.5, 0.6) is 0 Å². The summed E-state index contributed by atoms with van der Waals surface area (Å²) in [6.07, 6.45) is 53.0. The third-order valence-electron chi connectivity index (χ3n) is 15.4. The van der Waals surface area contributed by atoms with E-state index in [0.717, 1.165) is 57.8 Å². The minimum atomic E-state index is -1.57. The Morgan fingerprint density at radius 1 is 0.486 bits per heavy atom. The van der Waals surface area contributed by atoms with Crippen molar-refractivity contribution < 1.29 is 49.3 Å². The van der Waals surface area contributed by atoms with Crippen LogP contribution in [0, 0.1) is 0 Å². The molecular formula is C63H121NO10. The van der Waals surface area contributed by atoms with E-state index in [9.17, 15) is 35.1 Å². The Morgan fingerprint density at radius 3 is 1.26 bits per heavy atom. The molecule has 438 valence electrons. The number of aliphatic hydroxyl groups excluding tert-OH is 5. The number of ether oxygens (including phenoxy) is 3. The molecule has 0 saturated carbocycles. The van der Waals surface area contributed by atoms with E-state index in [2.05, 4.69) is 19.2 Å². The Hall–Kier alpha value is -1.60. The van der Waals surface area contributed by atoms with Crippen LogP contribution in [-0.4, -0.2) is 100 Å². The van der Waals surface area contributed by atoms with Gasteiger partial charge >= 0.3 is 5.97 Å². The van der Waals surface area contributed by atoms with Crippen LogP contribution in [0.3, 0.4) is 0 Å². The Bertz CT molecular complexity index is 1240. The van der Waals surface area contributed by atoms with Gasteiger partial charge in [0.1, 0.15) is 24.4 Å². The molecule has 0 spiro atoms. The van der Waals surface area contributed by atoms with Crippen molar-refractivity contribution in [2.45, 2.75) is 358 Å². The predicted octanol–water partition coefficient (Wildman–Crippen LogP) is 15.1. The first kappa shape index (κ1) is 70.4. The van der Waals surface area contributed by atoms with E-state index < -0.39 is 49.5 Å². The zero-order valence-electron chi connectivity index (χ0n) is 48.3. The van der Waals surface area contributed by atoms with Crippen molar-refractivity contribution in [3.8, 4) is 0 Å².